The Hall–Kier alpha value is -1.57. The molecule has 0 saturated heterocycles. The maximum atomic E-state index is 12.8. The number of imidazole rings is 1. The number of carboxylic acids is 1. The van der Waals surface area contributed by atoms with Gasteiger partial charge < -0.3 is 15.4 Å². The SMILES string of the molecule is CCCn1ccnc1C(N)(C(=O)O)C(F)(F)F. The Morgan fingerprint density at radius 3 is 2.59 bits per heavy atom. The van der Waals surface area contributed by atoms with Gasteiger partial charge in [-0.1, -0.05) is 6.92 Å². The Balaban J connectivity index is 3.33. The topological polar surface area (TPSA) is 81.1 Å². The molecule has 3 N–H and O–H groups in total. The molecule has 0 fully saturated rings. The lowest BCUT2D eigenvalue weighted by molar-refractivity contribution is -0.207. The first kappa shape index (κ1) is 13.5. The number of halogens is 3. The van der Waals surface area contributed by atoms with Gasteiger partial charge in [-0.2, -0.15) is 13.2 Å². The lowest BCUT2D eigenvalue weighted by Gasteiger charge is -2.27. The zero-order valence-corrected chi connectivity index (χ0v) is 9.03. The second-order valence-electron chi connectivity index (χ2n) is 3.56. The molecule has 0 saturated carbocycles. The summed E-state index contributed by atoms with van der Waals surface area (Å²) in [6.45, 7) is 1.97. The summed E-state index contributed by atoms with van der Waals surface area (Å²) in [5, 5.41) is 8.73. The molecular formula is C9H12F3N3O2. The van der Waals surface area contributed by atoms with Crippen molar-refractivity contribution in [3.63, 3.8) is 0 Å². The van der Waals surface area contributed by atoms with Gasteiger partial charge in [0.1, 0.15) is 5.82 Å². The first-order valence-electron chi connectivity index (χ1n) is 4.85. The predicted octanol–water partition coefficient (Wildman–Crippen LogP) is 1.09. The molecule has 0 spiro atoms. The molecule has 0 amide bonds. The van der Waals surface area contributed by atoms with Crippen molar-refractivity contribution in [2.75, 3.05) is 0 Å². The molecule has 1 heterocycles. The van der Waals surface area contributed by atoms with Gasteiger partial charge in [-0.25, -0.2) is 9.78 Å². The normalized spacial score (nSPS) is 15.6. The molecule has 0 aliphatic carbocycles. The molecule has 5 nitrogen and oxygen atoms in total. The van der Waals surface area contributed by atoms with Gasteiger partial charge in [0.15, 0.2) is 0 Å². The van der Waals surface area contributed by atoms with E-state index in [-0.39, 0.29) is 6.54 Å². The van der Waals surface area contributed by atoms with E-state index >= 15 is 0 Å². The Morgan fingerprint density at radius 1 is 1.59 bits per heavy atom. The molecule has 0 aliphatic heterocycles. The van der Waals surface area contributed by atoms with Crippen LogP contribution in [-0.4, -0.2) is 26.8 Å². The fourth-order valence-electron chi connectivity index (χ4n) is 1.42. The average molecular weight is 251 g/mol. The van der Waals surface area contributed by atoms with Crippen LogP contribution >= 0.6 is 0 Å². The fourth-order valence-corrected chi connectivity index (χ4v) is 1.42. The quantitative estimate of drug-likeness (QED) is 0.839. The number of aromatic nitrogens is 2. The Bertz CT molecular complexity index is 416. The number of hydrogen-bond donors (Lipinski definition) is 2. The number of alkyl halides is 3. The van der Waals surface area contributed by atoms with E-state index in [1.807, 2.05) is 0 Å². The van der Waals surface area contributed by atoms with E-state index in [4.69, 9.17) is 10.8 Å². The van der Waals surface area contributed by atoms with Crippen LogP contribution in [0.15, 0.2) is 12.4 Å². The van der Waals surface area contributed by atoms with E-state index < -0.39 is 23.5 Å². The van der Waals surface area contributed by atoms with Crippen LogP contribution in [0.3, 0.4) is 0 Å². The molecule has 0 bridgehead atoms. The number of aryl methyl sites for hydroxylation is 1. The zero-order chi connectivity index (χ0) is 13.3. The van der Waals surface area contributed by atoms with E-state index in [1.54, 1.807) is 6.92 Å². The van der Waals surface area contributed by atoms with Gasteiger partial charge in [0.25, 0.3) is 5.54 Å². The molecular weight excluding hydrogens is 239 g/mol. The van der Waals surface area contributed by atoms with Gasteiger partial charge in [-0.05, 0) is 6.42 Å². The molecule has 17 heavy (non-hydrogen) atoms. The zero-order valence-electron chi connectivity index (χ0n) is 9.03. The van der Waals surface area contributed by atoms with E-state index in [9.17, 15) is 18.0 Å². The van der Waals surface area contributed by atoms with Gasteiger partial charge in [-0.3, -0.25) is 0 Å². The van der Waals surface area contributed by atoms with Crippen molar-refractivity contribution >= 4 is 5.97 Å². The summed E-state index contributed by atoms with van der Waals surface area (Å²) < 4.78 is 39.4. The Labute approximate surface area is 95.1 Å². The van der Waals surface area contributed by atoms with Crippen LogP contribution < -0.4 is 5.73 Å². The van der Waals surface area contributed by atoms with Crippen LogP contribution in [0.4, 0.5) is 13.2 Å². The van der Waals surface area contributed by atoms with Crippen molar-refractivity contribution < 1.29 is 23.1 Å². The summed E-state index contributed by atoms with van der Waals surface area (Å²) in [7, 11) is 0. The van der Waals surface area contributed by atoms with Crippen LogP contribution in [0.2, 0.25) is 0 Å². The highest BCUT2D eigenvalue weighted by Crippen LogP contribution is 2.36. The monoisotopic (exact) mass is 251 g/mol. The molecule has 1 rings (SSSR count). The Kier molecular flexibility index (Phi) is 3.46. The minimum Gasteiger partial charge on any atom is -0.479 e. The summed E-state index contributed by atoms with van der Waals surface area (Å²) >= 11 is 0. The minimum absolute atomic E-state index is 0.220. The highest BCUT2D eigenvalue weighted by Gasteiger charge is 2.62. The predicted molar refractivity (Wildman–Crippen MR) is 52.1 cm³/mol. The number of rotatable bonds is 4. The molecule has 1 aromatic rings. The molecule has 8 heteroatoms. The first-order valence-corrected chi connectivity index (χ1v) is 4.85. The van der Waals surface area contributed by atoms with Gasteiger partial charge in [0, 0.05) is 18.9 Å². The standard InChI is InChI=1S/C9H12F3N3O2/c1-2-4-15-5-3-14-6(15)8(13,7(16)17)9(10,11)12/h3,5H,2,4,13H2,1H3,(H,16,17). The second-order valence-corrected chi connectivity index (χ2v) is 3.56. The lowest BCUT2D eigenvalue weighted by atomic mass is 9.99. The fraction of sp³-hybridized carbons (Fsp3) is 0.556. The van der Waals surface area contributed by atoms with Crippen molar-refractivity contribution in [2.24, 2.45) is 5.73 Å². The maximum Gasteiger partial charge on any atom is 0.424 e. The third-order valence-corrected chi connectivity index (χ3v) is 2.32. The van der Waals surface area contributed by atoms with Gasteiger partial charge in [0.05, 0.1) is 0 Å². The lowest BCUT2D eigenvalue weighted by Crippen LogP contribution is -2.58. The molecule has 0 aliphatic rings. The van der Waals surface area contributed by atoms with Crippen LogP contribution in [0.25, 0.3) is 0 Å². The second kappa shape index (κ2) is 4.36. The summed E-state index contributed by atoms with van der Waals surface area (Å²) in [5.74, 6) is -2.88. The average Bonchev–Trinajstić information content (AvgIpc) is 2.63. The summed E-state index contributed by atoms with van der Waals surface area (Å²) in [4.78, 5) is 14.3. The number of hydrogen-bond acceptors (Lipinski definition) is 3. The van der Waals surface area contributed by atoms with Gasteiger partial charge in [0.2, 0.25) is 0 Å². The van der Waals surface area contributed by atoms with E-state index in [1.165, 1.54) is 6.20 Å². The number of carbonyl (C=O) groups is 1. The van der Waals surface area contributed by atoms with Crippen molar-refractivity contribution in [2.45, 2.75) is 31.6 Å². The number of aliphatic carboxylic acids is 1. The Morgan fingerprint density at radius 2 is 2.18 bits per heavy atom. The maximum absolute atomic E-state index is 12.8. The molecule has 1 aromatic heterocycles. The largest absolute Gasteiger partial charge is 0.479 e. The van der Waals surface area contributed by atoms with E-state index in [0.717, 1.165) is 10.8 Å². The smallest absolute Gasteiger partial charge is 0.424 e. The summed E-state index contributed by atoms with van der Waals surface area (Å²) in [5.41, 5.74) is 1.53. The third kappa shape index (κ3) is 2.12. The number of nitrogens with two attached hydrogens (primary N) is 1. The van der Waals surface area contributed by atoms with Crippen LogP contribution in [-0.2, 0) is 16.9 Å². The van der Waals surface area contributed by atoms with Crippen molar-refractivity contribution in [1.29, 1.82) is 0 Å². The molecule has 1 unspecified atom stereocenters. The number of carboxylic acid groups (broad SMARTS) is 1. The highest BCUT2D eigenvalue weighted by atomic mass is 19.4. The molecule has 0 aromatic carbocycles. The minimum atomic E-state index is -5.12. The van der Waals surface area contributed by atoms with Crippen LogP contribution in [0.5, 0.6) is 0 Å². The first-order chi connectivity index (χ1) is 7.75. The van der Waals surface area contributed by atoms with Gasteiger partial charge >= 0.3 is 12.1 Å². The summed E-state index contributed by atoms with van der Waals surface area (Å²) in [6, 6.07) is 0. The van der Waals surface area contributed by atoms with Crippen LogP contribution in [0.1, 0.15) is 19.2 Å². The van der Waals surface area contributed by atoms with Gasteiger partial charge in [-0.15, -0.1) is 0 Å². The molecule has 0 radical (unpaired) electrons. The van der Waals surface area contributed by atoms with Crippen LogP contribution in [0, 0.1) is 0 Å². The van der Waals surface area contributed by atoms with Crippen molar-refractivity contribution in [3.8, 4) is 0 Å². The molecule has 1 atom stereocenters. The van der Waals surface area contributed by atoms with E-state index in [2.05, 4.69) is 4.98 Å². The van der Waals surface area contributed by atoms with E-state index in [0.29, 0.717) is 6.42 Å². The summed E-state index contributed by atoms with van der Waals surface area (Å²) in [6.07, 6.45) is -2.21. The van der Waals surface area contributed by atoms with Crippen molar-refractivity contribution in [1.82, 2.24) is 9.55 Å². The molecule has 96 valence electrons. The number of nitrogens with zero attached hydrogens (tertiary/aromatic N) is 2. The van der Waals surface area contributed by atoms with Crippen molar-refractivity contribution in [3.05, 3.63) is 18.2 Å². The third-order valence-electron chi connectivity index (χ3n) is 2.32. The highest BCUT2D eigenvalue weighted by molar-refractivity contribution is 5.80.